The number of aromatic nitrogens is 1. The molecule has 1 aliphatic carbocycles. The number of para-hydroxylation sites is 2. The fraction of sp³-hybridized carbons (Fsp3) is 0.222. The van der Waals surface area contributed by atoms with Crippen molar-refractivity contribution in [2.24, 2.45) is 0 Å². The first-order valence-electron chi connectivity index (χ1n) is 11.2. The van der Waals surface area contributed by atoms with Gasteiger partial charge in [-0.1, -0.05) is 42.5 Å². The Morgan fingerprint density at radius 3 is 2.12 bits per heavy atom. The topological polar surface area (TPSA) is 68.6 Å². The van der Waals surface area contributed by atoms with E-state index < -0.39 is 12.6 Å². The maximum atomic E-state index is 14.1. The average molecular weight is 458 g/mol. The molecule has 1 heterocycles. The van der Waals surface area contributed by atoms with Crippen molar-refractivity contribution in [3.8, 4) is 0 Å². The average Bonchev–Trinajstić information content (AvgIpc) is 3.70. The van der Waals surface area contributed by atoms with Gasteiger partial charge in [0, 0.05) is 28.9 Å². The monoisotopic (exact) mass is 458 g/mol. The van der Waals surface area contributed by atoms with E-state index in [0.29, 0.717) is 27.4 Å². The number of ether oxygens (including phenoxy) is 1. The molecule has 1 amide bonds. The van der Waals surface area contributed by atoms with Gasteiger partial charge < -0.3 is 14.2 Å². The molecule has 0 radical (unpaired) electrons. The number of hydrogen-bond acceptors (Lipinski definition) is 4. The summed E-state index contributed by atoms with van der Waals surface area (Å²) in [5.74, 6) is -1.31. The minimum atomic E-state index is -0.589. The van der Waals surface area contributed by atoms with Crippen LogP contribution in [0, 0.1) is 5.82 Å². The Morgan fingerprint density at radius 2 is 1.50 bits per heavy atom. The molecule has 5 rings (SSSR count). The second-order valence-electron chi connectivity index (χ2n) is 8.45. The number of amides is 1. The molecule has 172 valence electrons. The molecule has 3 aromatic carbocycles. The van der Waals surface area contributed by atoms with E-state index in [4.69, 9.17) is 4.74 Å². The summed E-state index contributed by atoms with van der Waals surface area (Å²) >= 11 is 0. The molecule has 0 aliphatic heterocycles. The van der Waals surface area contributed by atoms with Crippen LogP contribution < -0.4 is 5.43 Å². The standard InChI is InChI=1S/C27H23FN2O4/c28-22-10-4-1-7-18(22)15-29(19-13-14-19)25(31)17-34-26(32)16-30-23-11-5-2-8-20(23)27(33)21-9-3-6-12-24(21)30/h1-12,19H,13-17H2. The van der Waals surface area contributed by atoms with E-state index in [0.717, 1.165) is 12.8 Å². The summed E-state index contributed by atoms with van der Waals surface area (Å²) in [6.45, 7) is -0.423. The van der Waals surface area contributed by atoms with E-state index >= 15 is 0 Å². The molecule has 34 heavy (non-hydrogen) atoms. The lowest BCUT2D eigenvalue weighted by molar-refractivity contribution is -0.153. The number of carbonyl (C=O) groups excluding carboxylic acids is 2. The van der Waals surface area contributed by atoms with Crippen molar-refractivity contribution in [1.29, 1.82) is 0 Å². The first kappa shape index (κ1) is 21.8. The van der Waals surface area contributed by atoms with E-state index in [9.17, 15) is 18.8 Å². The summed E-state index contributed by atoms with van der Waals surface area (Å²) < 4.78 is 21.2. The van der Waals surface area contributed by atoms with Gasteiger partial charge in [0.15, 0.2) is 12.0 Å². The van der Waals surface area contributed by atoms with Gasteiger partial charge >= 0.3 is 5.97 Å². The van der Waals surface area contributed by atoms with Crippen LogP contribution in [-0.4, -0.2) is 34.0 Å². The van der Waals surface area contributed by atoms with Crippen LogP contribution in [-0.2, 0) is 27.4 Å². The van der Waals surface area contributed by atoms with Gasteiger partial charge in [-0.2, -0.15) is 0 Å². The van der Waals surface area contributed by atoms with Crippen LogP contribution in [0.3, 0.4) is 0 Å². The molecule has 0 unspecified atom stereocenters. The van der Waals surface area contributed by atoms with Crippen molar-refractivity contribution < 1.29 is 18.7 Å². The van der Waals surface area contributed by atoms with Gasteiger partial charge in [0.05, 0.1) is 11.0 Å². The Morgan fingerprint density at radius 1 is 0.912 bits per heavy atom. The van der Waals surface area contributed by atoms with Crippen molar-refractivity contribution in [2.75, 3.05) is 6.61 Å². The Kier molecular flexibility index (Phi) is 5.84. The van der Waals surface area contributed by atoms with Crippen molar-refractivity contribution >= 4 is 33.7 Å². The summed E-state index contributed by atoms with van der Waals surface area (Å²) in [6.07, 6.45) is 1.70. The van der Waals surface area contributed by atoms with Crippen LogP contribution in [0.15, 0.2) is 77.6 Å². The summed E-state index contributed by atoms with van der Waals surface area (Å²) in [7, 11) is 0. The minimum absolute atomic E-state index is 0.0395. The van der Waals surface area contributed by atoms with Crippen molar-refractivity contribution in [3.63, 3.8) is 0 Å². The van der Waals surface area contributed by atoms with Gasteiger partial charge in [-0.25, -0.2) is 4.39 Å². The number of halogens is 1. The highest BCUT2D eigenvalue weighted by Gasteiger charge is 2.33. The number of carbonyl (C=O) groups is 2. The molecular weight excluding hydrogens is 435 g/mol. The second kappa shape index (κ2) is 9.09. The molecule has 6 nitrogen and oxygen atoms in total. The molecular formula is C27H23FN2O4. The molecule has 0 N–H and O–H groups in total. The SMILES string of the molecule is O=C(Cn1c2ccccc2c(=O)c2ccccc21)OCC(=O)N(Cc1ccccc1F)C1CC1. The van der Waals surface area contributed by atoms with Crippen LogP contribution >= 0.6 is 0 Å². The highest BCUT2D eigenvalue weighted by molar-refractivity contribution is 5.94. The molecule has 4 aromatic rings. The fourth-order valence-corrected chi connectivity index (χ4v) is 4.26. The zero-order chi connectivity index (χ0) is 23.7. The zero-order valence-corrected chi connectivity index (χ0v) is 18.4. The number of nitrogens with zero attached hydrogens (tertiary/aromatic N) is 2. The molecule has 1 aromatic heterocycles. The van der Waals surface area contributed by atoms with Crippen LogP contribution in [0.5, 0.6) is 0 Å². The number of rotatable bonds is 7. The third kappa shape index (κ3) is 4.29. The maximum Gasteiger partial charge on any atom is 0.326 e. The molecule has 1 aliphatic rings. The zero-order valence-electron chi connectivity index (χ0n) is 18.4. The number of benzene rings is 3. The van der Waals surface area contributed by atoms with Crippen LogP contribution in [0.25, 0.3) is 21.8 Å². The van der Waals surface area contributed by atoms with Gasteiger partial charge in [-0.3, -0.25) is 14.4 Å². The van der Waals surface area contributed by atoms with Crippen molar-refractivity contribution in [2.45, 2.75) is 32.0 Å². The largest absolute Gasteiger partial charge is 0.454 e. The molecule has 0 spiro atoms. The lowest BCUT2D eigenvalue weighted by atomic mass is 10.1. The lowest BCUT2D eigenvalue weighted by Crippen LogP contribution is -2.36. The van der Waals surface area contributed by atoms with Gasteiger partial charge in [0.25, 0.3) is 5.91 Å². The molecule has 1 fully saturated rings. The Balaban J connectivity index is 1.33. The van der Waals surface area contributed by atoms with Crippen molar-refractivity contribution in [1.82, 2.24) is 9.47 Å². The van der Waals surface area contributed by atoms with Crippen LogP contribution in [0.4, 0.5) is 4.39 Å². The molecule has 0 saturated heterocycles. The molecule has 0 bridgehead atoms. The van der Waals surface area contributed by atoms with E-state index in [1.807, 2.05) is 0 Å². The summed E-state index contributed by atoms with van der Waals surface area (Å²) in [5.41, 5.74) is 1.57. The summed E-state index contributed by atoms with van der Waals surface area (Å²) in [6, 6.07) is 20.6. The van der Waals surface area contributed by atoms with E-state index in [-0.39, 0.29) is 36.3 Å². The van der Waals surface area contributed by atoms with Crippen LogP contribution in [0.2, 0.25) is 0 Å². The van der Waals surface area contributed by atoms with Gasteiger partial charge in [-0.05, 0) is 43.2 Å². The number of hydrogen-bond donors (Lipinski definition) is 0. The smallest absolute Gasteiger partial charge is 0.326 e. The predicted octanol–water partition coefficient (Wildman–Crippen LogP) is 4.03. The van der Waals surface area contributed by atoms with Gasteiger partial charge in [-0.15, -0.1) is 0 Å². The molecule has 0 atom stereocenters. The first-order valence-corrected chi connectivity index (χ1v) is 11.2. The van der Waals surface area contributed by atoms with Crippen molar-refractivity contribution in [3.05, 3.63) is 94.4 Å². The Bertz CT molecular complexity index is 1400. The first-order chi connectivity index (χ1) is 16.5. The molecule has 7 heteroatoms. The summed E-state index contributed by atoms with van der Waals surface area (Å²) in [5, 5.41) is 1.02. The van der Waals surface area contributed by atoms with E-state index in [1.54, 1.807) is 76.2 Å². The van der Waals surface area contributed by atoms with E-state index in [2.05, 4.69) is 0 Å². The Hall–Kier alpha value is -4.00. The molecule has 1 saturated carbocycles. The third-order valence-corrected chi connectivity index (χ3v) is 6.13. The highest BCUT2D eigenvalue weighted by atomic mass is 19.1. The third-order valence-electron chi connectivity index (χ3n) is 6.13. The quantitative estimate of drug-likeness (QED) is 0.310. The Labute approximate surface area is 195 Å². The van der Waals surface area contributed by atoms with Gasteiger partial charge in [0.2, 0.25) is 0 Å². The lowest BCUT2D eigenvalue weighted by Gasteiger charge is -2.23. The number of pyridine rings is 1. The minimum Gasteiger partial charge on any atom is -0.454 e. The number of fused-ring (bicyclic) bond motifs is 2. The van der Waals surface area contributed by atoms with Crippen LogP contribution in [0.1, 0.15) is 18.4 Å². The highest BCUT2D eigenvalue weighted by Crippen LogP contribution is 2.29. The van der Waals surface area contributed by atoms with Gasteiger partial charge in [0.1, 0.15) is 12.4 Å². The van der Waals surface area contributed by atoms with E-state index in [1.165, 1.54) is 6.07 Å². The predicted molar refractivity (Wildman–Crippen MR) is 127 cm³/mol. The number of esters is 1. The fourth-order valence-electron chi connectivity index (χ4n) is 4.26. The summed E-state index contributed by atoms with van der Waals surface area (Å²) in [4.78, 5) is 40.0. The second-order valence-corrected chi connectivity index (χ2v) is 8.45. The maximum absolute atomic E-state index is 14.1. The normalized spacial score (nSPS) is 13.2.